The quantitative estimate of drug-likeness (QED) is 0.714. The topological polar surface area (TPSA) is 20.2 Å². The van der Waals surface area contributed by atoms with Crippen LogP contribution in [0.25, 0.3) is 0 Å². The number of unbranched alkanes of at least 4 members (excludes halogenated alkanes) is 3. The highest BCUT2D eigenvalue weighted by Gasteiger charge is 2.12. The third kappa shape index (κ3) is 3.97. The first-order valence-corrected chi connectivity index (χ1v) is 6.54. The summed E-state index contributed by atoms with van der Waals surface area (Å²) in [7, 11) is 0. The number of aliphatic hydroxyl groups excluding tert-OH is 1. The monoisotopic (exact) mass is 260 g/mol. The Bertz CT molecular complexity index is 326. The normalized spacial score (nSPS) is 12.8. The van der Waals surface area contributed by atoms with Crippen molar-refractivity contribution in [3.05, 3.63) is 33.8 Å². The molecule has 1 aromatic rings. The van der Waals surface area contributed by atoms with Gasteiger partial charge in [0, 0.05) is 5.56 Å². The van der Waals surface area contributed by atoms with Crippen molar-refractivity contribution in [1.82, 2.24) is 0 Å². The standard InChI is InChI=1S/C13H18Cl2O/c1-2-3-4-5-9-12(16)10-7-6-8-11(14)13(10)15/h6-8,12,16H,2-5,9H2,1H3. The molecule has 1 N–H and O–H groups in total. The van der Waals surface area contributed by atoms with Crippen LogP contribution in [0.5, 0.6) is 0 Å². The fourth-order valence-corrected chi connectivity index (χ4v) is 2.13. The highest BCUT2D eigenvalue weighted by molar-refractivity contribution is 6.42. The number of hydrogen-bond donors (Lipinski definition) is 1. The summed E-state index contributed by atoms with van der Waals surface area (Å²) in [6.07, 6.45) is 4.86. The van der Waals surface area contributed by atoms with Crippen LogP contribution in [0.1, 0.15) is 50.7 Å². The molecule has 0 aliphatic carbocycles. The smallest absolute Gasteiger partial charge is 0.0805 e. The zero-order valence-electron chi connectivity index (χ0n) is 9.55. The van der Waals surface area contributed by atoms with Gasteiger partial charge in [-0.05, 0) is 12.5 Å². The van der Waals surface area contributed by atoms with Crippen molar-refractivity contribution >= 4 is 23.2 Å². The Kier molecular flexibility index (Phi) is 6.18. The Morgan fingerprint density at radius 2 is 1.94 bits per heavy atom. The first-order valence-electron chi connectivity index (χ1n) is 5.78. The molecule has 1 nitrogen and oxygen atoms in total. The maximum Gasteiger partial charge on any atom is 0.0805 e. The largest absolute Gasteiger partial charge is 0.388 e. The van der Waals surface area contributed by atoms with Crippen LogP contribution in [-0.4, -0.2) is 5.11 Å². The van der Waals surface area contributed by atoms with E-state index in [4.69, 9.17) is 23.2 Å². The molecule has 16 heavy (non-hydrogen) atoms. The lowest BCUT2D eigenvalue weighted by atomic mass is 10.0. The fraction of sp³-hybridized carbons (Fsp3) is 0.538. The molecule has 1 atom stereocenters. The van der Waals surface area contributed by atoms with Gasteiger partial charge < -0.3 is 5.11 Å². The first kappa shape index (κ1) is 13.8. The van der Waals surface area contributed by atoms with Gasteiger partial charge in [-0.1, -0.05) is 67.9 Å². The molecule has 0 saturated carbocycles. The summed E-state index contributed by atoms with van der Waals surface area (Å²) < 4.78 is 0. The van der Waals surface area contributed by atoms with Crippen LogP contribution < -0.4 is 0 Å². The van der Waals surface area contributed by atoms with Crippen molar-refractivity contribution in [2.75, 3.05) is 0 Å². The second-order valence-electron chi connectivity index (χ2n) is 4.01. The lowest BCUT2D eigenvalue weighted by Crippen LogP contribution is -1.98. The molecule has 3 heteroatoms. The minimum absolute atomic E-state index is 0.479. The molecule has 0 radical (unpaired) electrons. The van der Waals surface area contributed by atoms with Gasteiger partial charge >= 0.3 is 0 Å². The number of rotatable bonds is 6. The van der Waals surface area contributed by atoms with Crippen LogP contribution >= 0.6 is 23.2 Å². The second-order valence-corrected chi connectivity index (χ2v) is 4.79. The molecule has 90 valence electrons. The molecule has 0 aromatic heterocycles. The molecule has 0 saturated heterocycles. The van der Waals surface area contributed by atoms with E-state index >= 15 is 0 Å². The molecule has 0 heterocycles. The molecule has 0 amide bonds. The highest BCUT2D eigenvalue weighted by Crippen LogP contribution is 2.32. The molecular weight excluding hydrogens is 243 g/mol. The average molecular weight is 261 g/mol. The van der Waals surface area contributed by atoms with E-state index in [2.05, 4.69) is 6.92 Å². The number of halogens is 2. The Morgan fingerprint density at radius 1 is 1.19 bits per heavy atom. The third-order valence-electron chi connectivity index (χ3n) is 2.67. The number of benzene rings is 1. The van der Waals surface area contributed by atoms with Gasteiger partial charge in [-0.15, -0.1) is 0 Å². The Morgan fingerprint density at radius 3 is 2.62 bits per heavy atom. The van der Waals surface area contributed by atoms with Gasteiger partial charge in [0.15, 0.2) is 0 Å². The van der Waals surface area contributed by atoms with Crippen LogP contribution in [0.3, 0.4) is 0 Å². The first-order chi connectivity index (χ1) is 7.66. The van der Waals surface area contributed by atoms with E-state index < -0.39 is 6.10 Å². The molecular formula is C13H18Cl2O. The average Bonchev–Trinajstić information content (AvgIpc) is 2.28. The summed E-state index contributed by atoms with van der Waals surface area (Å²) in [4.78, 5) is 0. The molecule has 0 aliphatic rings. The summed E-state index contributed by atoms with van der Waals surface area (Å²) in [6.45, 7) is 2.17. The van der Waals surface area contributed by atoms with Crippen molar-refractivity contribution in [2.24, 2.45) is 0 Å². The number of aliphatic hydroxyl groups is 1. The molecule has 1 unspecified atom stereocenters. The molecule has 0 spiro atoms. The minimum Gasteiger partial charge on any atom is -0.388 e. The maximum absolute atomic E-state index is 9.98. The van der Waals surface area contributed by atoms with Gasteiger partial charge in [0.25, 0.3) is 0 Å². The lowest BCUT2D eigenvalue weighted by Gasteiger charge is -2.13. The van der Waals surface area contributed by atoms with Crippen LogP contribution in [0.2, 0.25) is 10.0 Å². The van der Waals surface area contributed by atoms with Gasteiger partial charge in [0.1, 0.15) is 0 Å². The van der Waals surface area contributed by atoms with Crippen LogP contribution in [-0.2, 0) is 0 Å². The van der Waals surface area contributed by atoms with Crippen molar-refractivity contribution in [2.45, 2.75) is 45.1 Å². The maximum atomic E-state index is 9.98. The summed E-state index contributed by atoms with van der Waals surface area (Å²) >= 11 is 11.9. The van der Waals surface area contributed by atoms with Crippen molar-refractivity contribution in [3.8, 4) is 0 Å². The van der Waals surface area contributed by atoms with Gasteiger partial charge in [0.05, 0.1) is 16.1 Å². The predicted octanol–water partition coefficient (Wildman–Crippen LogP) is 5.00. The number of hydrogen-bond acceptors (Lipinski definition) is 1. The Balaban J connectivity index is 2.52. The minimum atomic E-state index is -0.497. The summed E-state index contributed by atoms with van der Waals surface area (Å²) in [6, 6.07) is 5.38. The molecule has 1 aromatic carbocycles. The van der Waals surface area contributed by atoms with Gasteiger partial charge in [-0.3, -0.25) is 0 Å². The van der Waals surface area contributed by atoms with Crippen molar-refractivity contribution < 1.29 is 5.11 Å². The summed E-state index contributed by atoms with van der Waals surface area (Å²) in [5.41, 5.74) is 0.741. The molecule has 1 rings (SSSR count). The Hall–Kier alpha value is -0.240. The zero-order valence-corrected chi connectivity index (χ0v) is 11.1. The molecule has 0 aliphatic heterocycles. The lowest BCUT2D eigenvalue weighted by molar-refractivity contribution is 0.163. The van der Waals surface area contributed by atoms with Crippen molar-refractivity contribution in [1.29, 1.82) is 0 Å². The SMILES string of the molecule is CCCCCCC(O)c1cccc(Cl)c1Cl. The van der Waals surface area contributed by atoms with Gasteiger partial charge in [-0.25, -0.2) is 0 Å². The van der Waals surface area contributed by atoms with Gasteiger partial charge in [-0.2, -0.15) is 0 Å². The second kappa shape index (κ2) is 7.16. The summed E-state index contributed by atoms with van der Waals surface area (Å²) in [5, 5.41) is 11.0. The fourth-order valence-electron chi connectivity index (χ4n) is 1.70. The van der Waals surface area contributed by atoms with E-state index in [9.17, 15) is 5.11 Å². The van der Waals surface area contributed by atoms with E-state index in [1.54, 1.807) is 6.07 Å². The highest BCUT2D eigenvalue weighted by atomic mass is 35.5. The van der Waals surface area contributed by atoms with Crippen molar-refractivity contribution in [3.63, 3.8) is 0 Å². The zero-order chi connectivity index (χ0) is 12.0. The third-order valence-corrected chi connectivity index (χ3v) is 3.51. The van der Waals surface area contributed by atoms with E-state index in [1.165, 1.54) is 12.8 Å². The summed E-state index contributed by atoms with van der Waals surface area (Å²) in [5.74, 6) is 0. The predicted molar refractivity (Wildman–Crippen MR) is 70.2 cm³/mol. The van der Waals surface area contributed by atoms with Gasteiger partial charge in [0.2, 0.25) is 0 Å². The molecule has 0 bridgehead atoms. The van der Waals surface area contributed by atoms with Crippen LogP contribution in [0, 0.1) is 0 Å². The molecule has 0 fully saturated rings. The van der Waals surface area contributed by atoms with E-state index in [0.29, 0.717) is 10.0 Å². The van der Waals surface area contributed by atoms with E-state index in [1.807, 2.05) is 12.1 Å². The van der Waals surface area contributed by atoms with Crippen LogP contribution in [0.15, 0.2) is 18.2 Å². The van der Waals surface area contributed by atoms with E-state index in [0.717, 1.165) is 24.8 Å². The Labute approximate surface area is 107 Å². The van der Waals surface area contributed by atoms with Crippen LogP contribution in [0.4, 0.5) is 0 Å². The van der Waals surface area contributed by atoms with E-state index in [-0.39, 0.29) is 0 Å².